The third-order valence-corrected chi connectivity index (χ3v) is 5.92. The van der Waals surface area contributed by atoms with Crippen LogP contribution in [0.2, 0.25) is 5.02 Å². The number of nitro groups is 1. The highest BCUT2D eigenvalue weighted by molar-refractivity contribution is 7.89. The van der Waals surface area contributed by atoms with Gasteiger partial charge < -0.3 is 5.32 Å². The first-order valence-electron chi connectivity index (χ1n) is 6.29. The number of sulfonamides is 1. The molecule has 1 aliphatic heterocycles. The minimum absolute atomic E-state index is 0.162. The fraction of sp³-hybridized carbons (Fsp3) is 0.417. The summed E-state index contributed by atoms with van der Waals surface area (Å²) < 4.78 is 26.5. The van der Waals surface area contributed by atoms with Crippen molar-refractivity contribution in [3.05, 3.63) is 33.3 Å². The molecule has 0 atom stereocenters. The van der Waals surface area contributed by atoms with Gasteiger partial charge in [-0.15, -0.1) is 0 Å². The normalized spacial score (nSPS) is 18.8. The molecule has 120 valence electrons. The standard InChI is InChI=1S/C12H14ClN3O5S/c1-12(2)7-14-11(17)6-15(12)22(20,21)10-4-3-8(16(18)19)5-9(10)13/h3-5H,6-7H2,1-2H3,(H,14,17). The molecule has 1 saturated heterocycles. The first kappa shape index (κ1) is 16.7. The molecule has 1 amide bonds. The number of rotatable bonds is 3. The van der Waals surface area contributed by atoms with Crippen LogP contribution in [-0.2, 0) is 14.8 Å². The summed E-state index contributed by atoms with van der Waals surface area (Å²) in [6.45, 7) is 3.17. The van der Waals surface area contributed by atoms with Gasteiger partial charge in [0.15, 0.2) is 0 Å². The van der Waals surface area contributed by atoms with Crippen LogP contribution in [0.1, 0.15) is 13.8 Å². The van der Waals surface area contributed by atoms with Crippen LogP contribution in [0.5, 0.6) is 0 Å². The molecule has 1 N–H and O–H groups in total. The van der Waals surface area contributed by atoms with Crippen LogP contribution in [0, 0.1) is 10.1 Å². The van der Waals surface area contributed by atoms with Crippen LogP contribution in [-0.4, -0.2) is 42.2 Å². The highest BCUT2D eigenvalue weighted by Crippen LogP contribution is 2.32. The summed E-state index contributed by atoms with van der Waals surface area (Å²) in [5.41, 5.74) is -1.14. The molecule has 0 spiro atoms. The predicted molar refractivity (Wildman–Crippen MR) is 79.1 cm³/mol. The number of halogens is 1. The van der Waals surface area contributed by atoms with Gasteiger partial charge in [-0.05, 0) is 19.9 Å². The maximum atomic E-state index is 12.7. The minimum Gasteiger partial charge on any atom is -0.353 e. The molecule has 8 nitrogen and oxygen atoms in total. The molecule has 0 aromatic heterocycles. The Balaban J connectivity index is 2.50. The van der Waals surface area contributed by atoms with Crippen molar-refractivity contribution in [1.29, 1.82) is 0 Å². The molecule has 1 fully saturated rings. The Morgan fingerprint density at radius 1 is 1.41 bits per heavy atom. The quantitative estimate of drug-likeness (QED) is 0.651. The van der Waals surface area contributed by atoms with E-state index in [-0.39, 0.29) is 28.7 Å². The predicted octanol–water partition coefficient (Wildman–Crippen LogP) is 1.15. The summed E-state index contributed by atoms with van der Waals surface area (Å²) >= 11 is 5.90. The molecular formula is C12H14ClN3O5S. The monoisotopic (exact) mass is 347 g/mol. The molecule has 0 radical (unpaired) electrons. The number of carbonyl (C=O) groups is 1. The first-order chi connectivity index (χ1) is 10.1. The van der Waals surface area contributed by atoms with E-state index >= 15 is 0 Å². The maximum Gasteiger partial charge on any atom is 0.271 e. The number of nitrogens with zero attached hydrogens (tertiary/aromatic N) is 2. The van der Waals surface area contributed by atoms with Gasteiger partial charge >= 0.3 is 0 Å². The van der Waals surface area contributed by atoms with Crippen molar-refractivity contribution in [2.24, 2.45) is 0 Å². The van der Waals surface area contributed by atoms with Gasteiger partial charge in [0.2, 0.25) is 15.9 Å². The first-order valence-corrected chi connectivity index (χ1v) is 8.11. The van der Waals surface area contributed by atoms with Gasteiger partial charge in [-0.3, -0.25) is 14.9 Å². The second-order valence-corrected chi connectivity index (χ2v) is 7.71. The third kappa shape index (κ3) is 2.92. The van der Waals surface area contributed by atoms with Gasteiger partial charge in [-0.25, -0.2) is 8.42 Å². The topological polar surface area (TPSA) is 110 Å². The van der Waals surface area contributed by atoms with E-state index in [4.69, 9.17) is 11.6 Å². The number of carbonyl (C=O) groups excluding carboxylic acids is 1. The van der Waals surface area contributed by atoms with Crippen molar-refractivity contribution < 1.29 is 18.1 Å². The summed E-state index contributed by atoms with van der Waals surface area (Å²) in [6.07, 6.45) is 0. The van der Waals surface area contributed by atoms with Crippen molar-refractivity contribution in [3.8, 4) is 0 Å². The zero-order chi connectivity index (χ0) is 16.7. The van der Waals surface area contributed by atoms with E-state index in [1.807, 2.05) is 0 Å². The van der Waals surface area contributed by atoms with Gasteiger partial charge in [0.05, 0.1) is 16.5 Å². The van der Waals surface area contributed by atoms with Crippen molar-refractivity contribution in [2.45, 2.75) is 24.3 Å². The van der Waals surface area contributed by atoms with E-state index < -0.39 is 26.4 Å². The second-order valence-electron chi connectivity index (χ2n) is 5.47. The minimum atomic E-state index is -4.06. The lowest BCUT2D eigenvalue weighted by Crippen LogP contribution is -2.61. The van der Waals surface area contributed by atoms with E-state index in [9.17, 15) is 23.3 Å². The van der Waals surface area contributed by atoms with Crippen LogP contribution >= 0.6 is 11.6 Å². The summed E-state index contributed by atoms with van der Waals surface area (Å²) in [6, 6.07) is 3.12. The number of non-ortho nitro benzene ring substituents is 1. The molecule has 2 rings (SSSR count). The number of amides is 1. The molecule has 1 heterocycles. The Morgan fingerprint density at radius 2 is 2.05 bits per heavy atom. The van der Waals surface area contributed by atoms with Crippen LogP contribution in [0.4, 0.5) is 5.69 Å². The molecule has 0 unspecified atom stereocenters. The largest absolute Gasteiger partial charge is 0.353 e. The lowest BCUT2D eigenvalue weighted by atomic mass is 10.0. The van der Waals surface area contributed by atoms with E-state index in [2.05, 4.69) is 5.32 Å². The number of hydrogen-bond acceptors (Lipinski definition) is 5. The van der Waals surface area contributed by atoms with Crippen LogP contribution < -0.4 is 5.32 Å². The number of piperazine rings is 1. The molecule has 1 aliphatic rings. The van der Waals surface area contributed by atoms with E-state index in [1.54, 1.807) is 13.8 Å². The van der Waals surface area contributed by atoms with Crippen LogP contribution in [0.25, 0.3) is 0 Å². The molecular weight excluding hydrogens is 334 g/mol. The average Bonchev–Trinajstić information content (AvgIpc) is 2.40. The molecule has 0 saturated carbocycles. The van der Waals surface area contributed by atoms with Gasteiger partial charge in [0.25, 0.3) is 5.69 Å². The highest BCUT2D eigenvalue weighted by atomic mass is 35.5. The smallest absolute Gasteiger partial charge is 0.271 e. The highest BCUT2D eigenvalue weighted by Gasteiger charge is 2.42. The Bertz CT molecular complexity index is 747. The molecule has 0 bridgehead atoms. The average molecular weight is 348 g/mol. The second kappa shape index (κ2) is 5.49. The summed E-state index contributed by atoms with van der Waals surface area (Å²) in [5, 5.41) is 13.0. The number of nitrogens with one attached hydrogen (secondary N) is 1. The van der Waals surface area contributed by atoms with Gasteiger partial charge in [0, 0.05) is 24.2 Å². The lowest BCUT2D eigenvalue weighted by Gasteiger charge is -2.40. The van der Waals surface area contributed by atoms with E-state index in [0.717, 1.165) is 22.5 Å². The van der Waals surface area contributed by atoms with Crippen molar-refractivity contribution in [1.82, 2.24) is 9.62 Å². The Morgan fingerprint density at radius 3 is 2.59 bits per heavy atom. The fourth-order valence-electron chi connectivity index (χ4n) is 2.14. The SMILES string of the molecule is CC1(C)CNC(=O)CN1S(=O)(=O)c1ccc([N+](=O)[O-])cc1Cl. The van der Waals surface area contributed by atoms with E-state index in [1.165, 1.54) is 0 Å². The molecule has 1 aromatic rings. The zero-order valence-corrected chi connectivity index (χ0v) is 13.4. The van der Waals surface area contributed by atoms with Gasteiger partial charge in [0.1, 0.15) is 4.90 Å². The fourth-order valence-corrected chi connectivity index (χ4v) is 4.40. The third-order valence-electron chi connectivity index (χ3n) is 3.37. The van der Waals surface area contributed by atoms with Crippen LogP contribution in [0.3, 0.4) is 0 Å². The Kier molecular flexibility index (Phi) is 4.16. The lowest BCUT2D eigenvalue weighted by molar-refractivity contribution is -0.384. The molecule has 10 heteroatoms. The Hall–Kier alpha value is -1.71. The maximum absolute atomic E-state index is 12.7. The summed E-state index contributed by atoms with van der Waals surface area (Å²) in [5.74, 6) is -0.416. The van der Waals surface area contributed by atoms with Gasteiger partial charge in [-0.2, -0.15) is 4.31 Å². The molecule has 1 aromatic carbocycles. The van der Waals surface area contributed by atoms with Crippen molar-refractivity contribution >= 4 is 33.2 Å². The zero-order valence-electron chi connectivity index (χ0n) is 11.9. The number of nitro benzene ring substituents is 1. The van der Waals surface area contributed by atoms with E-state index in [0.29, 0.717) is 0 Å². The summed E-state index contributed by atoms with van der Waals surface area (Å²) in [7, 11) is -4.06. The van der Waals surface area contributed by atoms with Crippen molar-refractivity contribution in [3.63, 3.8) is 0 Å². The van der Waals surface area contributed by atoms with Crippen LogP contribution in [0.15, 0.2) is 23.1 Å². The Labute approximate surface area is 132 Å². The number of hydrogen-bond donors (Lipinski definition) is 1. The molecule has 0 aliphatic carbocycles. The number of benzene rings is 1. The van der Waals surface area contributed by atoms with Crippen molar-refractivity contribution in [2.75, 3.05) is 13.1 Å². The summed E-state index contributed by atoms with van der Waals surface area (Å²) in [4.78, 5) is 21.3. The van der Waals surface area contributed by atoms with Gasteiger partial charge in [-0.1, -0.05) is 11.6 Å². The molecule has 22 heavy (non-hydrogen) atoms.